The minimum Gasteiger partial charge on any atom is -0.483 e. The maximum absolute atomic E-state index is 12.0. The van der Waals surface area contributed by atoms with E-state index in [2.05, 4.69) is 17.4 Å². The van der Waals surface area contributed by atoms with Crippen LogP contribution in [0.25, 0.3) is 10.8 Å². The Bertz CT molecular complexity index is 912. The van der Waals surface area contributed by atoms with Gasteiger partial charge < -0.3 is 10.1 Å². The molecule has 138 valence electrons. The summed E-state index contributed by atoms with van der Waals surface area (Å²) in [5, 5.41) is 4.64. The lowest BCUT2D eigenvalue weighted by Gasteiger charge is -2.11. The number of carbonyl (C=O) groups excluding carboxylic acids is 2. The highest BCUT2D eigenvalue weighted by atomic mass is 32.2. The Morgan fingerprint density at radius 1 is 1.00 bits per heavy atom. The van der Waals surface area contributed by atoms with Crippen molar-refractivity contribution in [3.8, 4) is 5.75 Å². The SMILES string of the molecule is O=Cc1c(OCC(=O)NCCCSc2ccccc2)ccc2ccccc12. The van der Waals surface area contributed by atoms with E-state index in [4.69, 9.17) is 4.74 Å². The van der Waals surface area contributed by atoms with Gasteiger partial charge in [-0.05, 0) is 41.1 Å². The number of thioether (sulfide) groups is 1. The number of aldehydes is 1. The standard InChI is InChI=1S/C22H21NO3S/c24-15-20-19-10-5-4-7-17(19)11-12-21(20)26-16-22(25)23-13-6-14-27-18-8-2-1-3-9-18/h1-5,7-12,15H,6,13-14,16H2,(H,23,25). The van der Waals surface area contributed by atoms with Gasteiger partial charge in [0, 0.05) is 11.4 Å². The van der Waals surface area contributed by atoms with E-state index in [1.807, 2.05) is 48.5 Å². The summed E-state index contributed by atoms with van der Waals surface area (Å²) in [5.74, 6) is 1.17. The van der Waals surface area contributed by atoms with E-state index in [1.165, 1.54) is 4.90 Å². The van der Waals surface area contributed by atoms with Gasteiger partial charge in [-0.2, -0.15) is 0 Å². The van der Waals surface area contributed by atoms with Gasteiger partial charge in [0.25, 0.3) is 5.91 Å². The Balaban J connectivity index is 1.44. The fourth-order valence-electron chi connectivity index (χ4n) is 2.72. The molecule has 0 spiro atoms. The lowest BCUT2D eigenvalue weighted by Crippen LogP contribution is -2.30. The normalized spacial score (nSPS) is 10.5. The van der Waals surface area contributed by atoms with E-state index < -0.39 is 0 Å². The monoisotopic (exact) mass is 379 g/mol. The number of hydrogen-bond donors (Lipinski definition) is 1. The topological polar surface area (TPSA) is 55.4 Å². The van der Waals surface area contributed by atoms with Crippen LogP contribution in [0.15, 0.2) is 71.6 Å². The molecular weight excluding hydrogens is 358 g/mol. The van der Waals surface area contributed by atoms with Crippen molar-refractivity contribution in [3.05, 3.63) is 72.3 Å². The number of fused-ring (bicyclic) bond motifs is 1. The number of hydrogen-bond acceptors (Lipinski definition) is 4. The molecule has 0 aromatic heterocycles. The molecule has 27 heavy (non-hydrogen) atoms. The molecule has 3 aromatic rings. The van der Waals surface area contributed by atoms with Crippen LogP contribution in [0.5, 0.6) is 5.75 Å². The van der Waals surface area contributed by atoms with Gasteiger partial charge >= 0.3 is 0 Å². The second kappa shape index (κ2) is 9.78. The first-order valence-electron chi connectivity index (χ1n) is 8.82. The summed E-state index contributed by atoms with van der Waals surface area (Å²) in [6.45, 7) is 0.491. The van der Waals surface area contributed by atoms with Crippen molar-refractivity contribution in [2.45, 2.75) is 11.3 Å². The van der Waals surface area contributed by atoms with Crippen molar-refractivity contribution in [2.24, 2.45) is 0 Å². The van der Waals surface area contributed by atoms with Gasteiger partial charge in [-0.15, -0.1) is 11.8 Å². The molecule has 0 saturated carbocycles. The van der Waals surface area contributed by atoms with E-state index >= 15 is 0 Å². The number of nitrogens with one attached hydrogen (secondary N) is 1. The summed E-state index contributed by atoms with van der Waals surface area (Å²) in [5.41, 5.74) is 0.472. The van der Waals surface area contributed by atoms with E-state index in [-0.39, 0.29) is 12.5 Å². The molecule has 0 saturated heterocycles. The first-order valence-corrected chi connectivity index (χ1v) is 9.81. The Labute approximate surface area is 162 Å². The predicted molar refractivity (Wildman–Crippen MR) is 110 cm³/mol. The van der Waals surface area contributed by atoms with E-state index in [0.717, 1.165) is 29.2 Å². The first-order chi connectivity index (χ1) is 13.3. The molecule has 0 atom stereocenters. The van der Waals surface area contributed by atoms with Gasteiger partial charge in [-0.3, -0.25) is 9.59 Å². The highest BCUT2D eigenvalue weighted by Gasteiger charge is 2.10. The average molecular weight is 379 g/mol. The van der Waals surface area contributed by atoms with Crippen molar-refractivity contribution in [3.63, 3.8) is 0 Å². The molecule has 1 amide bonds. The molecule has 0 aliphatic heterocycles. The van der Waals surface area contributed by atoms with Crippen LogP contribution in [0.2, 0.25) is 0 Å². The molecule has 0 unspecified atom stereocenters. The van der Waals surface area contributed by atoms with Gasteiger partial charge in [0.2, 0.25) is 0 Å². The number of ether oxygens (including phenoxy) is 1. The van der Waals surface area contributed by atoms with E-state index in [9.17, 15) is 9.59 Å². The van der Waals surface area contributed by atoms with Gasteiger partial charge in [0.15, 0.2) is 12.9 Å². The molecular formula is C22H21NO3S. The lowest BCUT2D eigenvalue weighted by molar-refractivity contribution is -0.123. The van der Waals surface area contributed by atoms with Gasteiger partial charge in [-0.1, -0.05) is 48.5 Å². The van der Waals surface area contributed by atoms with Gasteiger partial charge in [0.1, 0.15) is 5.75 Å². The summed E-state index contributed by atoms with van der Waals surface area (Å²) in [4.78, 5) is 24.7. The molecule has 0 aliphatic rings. The van der Waals surface area contributed by atoms with Gasteiger partial charge in [0.05, 0.1) is 5.56 Å². The Hall–Kier alpha value is -2.79. The minimum atomic E-state index is -0.190. The maximum atomic E-state index is 12.0. The van der Waals surface area contributed by atoms with Crippen LogP contribution in [0.4, 0.5) is 0 Å². The number of benzene rings is 3. The van der Waals surface area contributed by atoms with Crippen LogP contribution in [-0.4, -0.2) is 31.1 Å². The summed E-state index contributed by atoms with van der Waals surface area (Å²) < 4.78 is 5.58. The summed E-state index contributed by atoms with van der Waals surface area (Å²) >= 11 is 1.77. The molecule has 1 N–H and O–H groups in total. The molecule has 3 rings (SSSR count). The Morgan fingerprint density at radius 3 is 2.59 bits per heavy atom. The Kier molecular flexibility index (Phi) is 6.88. The van der Waals surface area contributed by atoms with Crippen molar-refractivity contribution in [1.29, 1.82) is 0 Å². The number of carbonyl (C=O) groups is 2. The molecule has 4 nitrogen and oxygen atoms in total. The highest BCUT2D eigenvalue weighted by molar-refractivity contribution is 7.99. The van der Waals surface area contributed by atoms with E-state index in [0.29, 0.717) is 17.9 Å². The molecule has 0 heterocycles. The van der Waals surface area contributed by atoms with Crippen molar-refractivity contribution in [1.82, 2.24) is 5.32 Å². The van der Waals surface area contributed by atoms with Gasteiger partial charge in [-0.25, -0.2) is 0 Å². The third-order valence-corrected chi connectivity index (χ3v) is 5.16. The predicted octanol–water partition coefficient (Wildman–Crippen LogP) is 4.33. The summed E-state index contributed by atoms with van der Waals surface area (Å²) in [6.07, 6.45) is 1.65. The number of amides is 1. The zero-order valence-corrected chi connectivity index (χ0v) is 15.7. The fraction of sp³-hybridized carbons (Fsp3) is 0.182. The minimum absolute atomic E-state index is 0.106. The second-order valence-electron chi connectivity index (χ2n) is 5.97. The second-order valence-corrected chi connectivity index (χ2v) is 7.14. The third kappa shape index (κ3) is 5.34. The first kappa shape index (κ1) is 19.0. The fourth-order valence-corrected chi connectivity index (χ4v) is 3.60. The Morgan fingerprint density at radius 2 is 1.78 bits per heavy atom. The lowest BCUT2D eigenvalue weighted by atomic mass is 10.0. The molecule has 0 radical (unpaired) electrons. The number of rotatable bonds is 9. The van der Waals surface area contributed by atoms with Crippen LogP contribution < -0.4 is 10.1 Å². The van der Waals surface area contributed by atoms with E-state index in [1.54, 1.807) is 17.8 Å². The van der Waals surface area contributed by atoms with Crippen molar-refractivity contribution in [2.75, 3.05) is 18.9 Å². The smallest absolute Gasteiger partial charge is 0.257 e. The largest absolute Gasteiger partial charge is 0.483 e. The van der Waals surface area contributed by atoms with Crippen LogP contribution in [0.3, 0.4) is 0 Å². The van der Waals surface area contributed by atoms with Crippen molar-refractivity contribution < 1.29 is 14.3 Å². The maximum Gasteiger partial charge on any atom is 0.257 e. The summed E-state index contributed by atoms with van der Waals surface area (Å²) in [7, 11) is 0. The zero-order valence-electron chi connectivity index (χ0n) is 14.9. The molecule has 3 aromatic carbocycles. The zero-order chi connectivity index (χ0) is 18.9. The highest BCUT2D eigenvalue weighted by Crippen LogP contribution is 2.26. The van der Waals surface area contributed by atoms with Crippen LogP contribution >= 0.6 is 11.8 Å². The molecule has 0 fully saturated rings. The quantitative estimate of drug-likeness (QED) is 0.342. The molecule has 0 aliphatic carbocycles. The molecule has 0 bridgehead atoms. The van der Waals surface area contributed by atoms with Crippen LogP contribution in [-0.2, 0) is 4.79 Å². The third-order valence-electron chi connectivity index (χ3n) is 4.06. The van der Waals surface area contributed by atoms with Crippen LogP contribution in [0.1, 0.15) is 16.8 Å². The van der Waals surface area contributed by atoms with Crippen LogP contribution in [0, 0.1) is 0 Å². The average Bonchev–Trinajstić information content (AvgIpc) is 2.72. The summed E-state index contributed by atoms with van der Waals surface area (Å²) in [6, 6.07) is 21.4. The van der Waals surface area contributed by atoms with Crippen molar-refractivity contribution >= 4 is 34.7 Å². The molecule has 5 heteroatoms.